The van der Waals surface area contributed by atoms with E-state index >= 15 is 0 Å². The van der Waals surface area contributed by atoms with Gasteiger partial charge in [0.1, 0.15) is 0 Å². The van der Waals surface area contributed by atoms with Gasteiger partial charge in [-0.2, -0.15) is 0 Å². The van der Waals surface area contributed by atoms with Crippen LogP contribution in [0.2, 0.25) is 0 Å². The van der Waals surface area contributed by atoms with Gasteiger partial charge in [0.25, 0.3) is 0 Å². The number of rotatable bonds is 5. The van der Waals surface area contributed by atoms with Crippen molar-refractivity contribution in [1.29, 1.82) is 0 Å². The van der Waals surface area contributed by atoms with Gasteiger partial charge in [-0.1, -0.05) is 30.3 Å². The summed E-state index contributed by atoms with van der Waals surface area (Å²) in [4.78, 5) is 11.5. The number of nitrogens with one attached hydrogen (secondary N) is 1. The quantitative estimate of drug-likeness (QED) is 0.919. The highest BCUT2D eigenvalue weighted by Gasteiger charge is 2.19. The number of nitrogens with zero attached hydrogens (tertiary/aromatic N) is 3. The maximum absolute atomic E-state index is 5.45. The van der Waals surface area contributed by atoms with Gasteiger partial charge in [0.15, 0.2) is 0 Å². The van der Waals surface area contributed by atoms with Crippen LogP contribution in [0.25, 0.3) is 0 Å². The third kappa shape index (κ3) is 4.50. The molecule has 0 saturated carbocycles. The zero-order valence-electron chi connectivity index (χ0n) is 13.8. The first-order chi connectivity index (χ1) is 11.2. The maximum Gasteiger partial charge on any atom is 0.223 e. The average Bonchev–Trinajstić information content (AvgIpc) is 2.55. The van der Waals surface area contributed by atoms with Crippen LogP contribution in [0.4, 0.5) is 5.95 Å². The summed E-state index contributed by atoms with van der Waals surface area (Å²) in [6.07, 6.45) is 0. The second kappa shape index (κ2) is 7.53. The van der Waals surface area contributed by atoms with E-state index in [1.165, 1.54) is 5.56 Å². The molecule has 1 aliphatic rings. The molecule has 0 radical (unpaired) electrons. The van der Waals surface area contributed by atoms with Crippen molar-refractivity contribution >= 4 is 5.95 Å². The number of hydrogen-bond donors (Lipinski definition) is 1. The number of morpholine rings is 1. The zero-order valence-corrected chi connectivity index (χ0v) is 13.8. The Morgan fingerprint density at radius 2 is 1.74 bits per heavy atom. The molecule has 3 rings (SSSR count). The van der Waals surface area contributed by atoms with Gasteiger partial charge in [-0.05, 0) is 25.5 Å². The van der Waals surface area contributed by atoms with Crippen LogP contribution in [0.1, 0.15) is 23.0 Å². The lowest BCUT2D eigenvalue weighted by molar-refractivity contribution is 0.0360. The summed E-state index contributed by atoms with van der Waals surface area (Å²) < 4.78 is 5.45. The second-order valence-corrected chi connectivity index (χ2v) is 5.99. The fraction of sp³-hybridized carbons (Fsp3) is 0.444. The van der Waals surface area contributed by atoms with E-state index in [-0.39, 0.29) is 6.04 Å². The van der Waals surface area contributed by atoms with Crippen molar-refractivity contribution in [2.45, 2.75) is 19.9 Å². The fourth-order valence-corrected chi connectivity index (χ4v) is 2.91. The van der Waals surface area contributed by atoms with Crippen LogP contribution in [0.5, 0.6) is 0 Å². The molecule has 0 bridgehead atoms. The molecule has 1 aliphatic heterocycles. The van der Waals surface area contributed by atoms with Crippen molar-refractivity contribution in [3.63, 3.8) is 0 Å². The molecule has 122 valence electrons. The van der Waals surface area contributed by atoms with Crippen molar-refractivity contribution in [3.05, 3.63) is 53.3 Å². The Morgan fingerprint density at radius 1 is 1.09 bits per heavy atom. The number of ether oxygens (including phenoxy) is 1. The number of aromatic nitrogens is 2. The highest BCUT2D eigenvalue weighted by Crippen LogP contribution is 2.19. The Balaban J connectivity index is 1.79. The van der Waals surface area contributed by atoms with Gasteiger partial charge in [0, 0.05) is 31.0 Å². The molecule has 1 saturated heterocycles. The van der Waals surface area contributed by atoms with Crippen LogP contribution in [-0.4, -0.2) is 47.7 Å². The summed E-state index contributed by atoms with van der Waals surface area (Å²) in [5, 5.41) is 3.52. The second-order valence-electron chi connectivity index (χ2n) is 5.99. The molecule has 5 nitrogen and oxygen atoms in total. The predicted octanol–water partition coefficient (Wildman–Crippen LogP) is 2.58. The fourth-order valence-electron chi connectivity index (χ4n) is 2.91. The molecule has 2 aromatic rings. The third-order valence-electron chi connectivity index (χ3n) is 4.03. The van der Waals surface area contributed by atoms with Crippen LogP contribution < -0.4 is 5.32 Å². The summed E-state index contributed by atoms with van der Waals surface area (Å²) in [5.74, 6) is 0.699. The lowest BCUT2D eigenvalue weighted by Gasteiger charge is -2.31. The van der Waals surface area contributed by atoms with E-state index in [0.717, 1.165) is 44.2 Å². The SMILES string of the molecule is Cc1cc(C)nc(N[C@@H](CN2CCOCC2)c2ccccc2)n1. The van der Waals surface area contributed by atoms with Crippen LogP contribution in [0.3, 0.4) is 0 Å². The molecule has 0 spiro atoms. The molecular weight excluding hydrogens is 288 g/mol. The largest absolute Gasteiger partial charge is 0.379 e. The lowest BCUT2D eigenvalue weighted by Crippen LogP contribution is -2.40. The van der Waals surface area contributed by atoms with E-state index in [4.69, 9.17) is 4.74 Å². The Hall–Kier alpha value is -1.98. The first-order valence-corrected chi connectivity index (χ1v) is 8.14. The Bertz CT molecular complexity index is 606. The number of hydrogen-bond acceptors (Lipinski definition) is 5. The van der Waals surface area contributed by atoms with Gasteiger partial charge in [-0.3, -0.25) is 4.90 Å². The molecule has 0 unspecified atom stereocenters. The summed E-state index contributed by atoms with van der Waals surface area (Å²) in [6, 6.07) is 12.7. The normalized spacial score (nSPS) is 17.0. The zero-order chi connectivity index (χ0) is 16.1. The first kappa shape index (κ1) is 15.9. The summed E-state index contributed by atoms with van der Waals surface area (Å²) in [6.45, 7) is 8.48. The minimum atomic E-state index is 0.162. The molecule has 23 heavy (non-hydrogen) atoms. The van der Waals surface area contributed by atoms with Crippen molar-refractivity contribution in [3.8, 4) is 0 Å². The molecular formula is C18H24N4O. The minimum absolute atomic E-state index is 0.162. The van der Waals surface area contributed by atoms with Gasteiger partial charge >= 0.3 is 0 Å². The number of aryl methyl sites for hydroxylation is 2. The highest BCUT2D eigenvalue weighted by atomic mass is 16.5. The van der Waals surface area contributed by atoms with Gasteiger partial charge in [-0.25, -0.2) is 9.97 Å². The van der Waals surface area contributed by atoms with Crippen molar-refractivity contribution < 1.29 is 4.74 Å². The molecule has 1 aromatic heterocycles. The third-order valence-corrected chi connectivity index (χ3v) is 4.03. The Morgan fingerprint density at radius 3 is 2.39 bits per heavy atom. The lowest BCUT2D eigenvalue weighted by atomic mass is 10.1. The molecule has 0 amide bonds. The van der Waals surface area contributed by atoms with Crippen LogP contribution >= 0.6 is 0 Å². The molecule has 5 heteroatoms. The van der Waals surface area contributed by atoms with E-state index in [1.807, 2.05) is 26.0 Å². The first-order valence-electron chi connectivity index (χ1n) is 8.14. The molecule has 1 atom stereocenters. The van der Waals surface area contributed by atoms with E-state index in [0.29, 0.717) is 5.95 Å². The Labute approximate surface area is 137 Å². The van der Waals surface area contributed by atoms with E-state index in [9.17, 15) is 0 Å². The topological polar surface area (TPSA) is 50.3 Å². The number of anilines is 1. The van der Waals surface area contributed by atoms with E-state index in [1.54, 1.807) is 0 Å². The molecule has 2 heterocycles. The maximum atomic E-state index is 5.45. The predicted molar refractivity (Wildman–Crippen MR) is 91.6 cm³/mol. The van der Waals surface area contributed by atoms with Crippen LogP contribution in [-0.2, 0) is 4.74 Å². The van der Waals surface area contributed by atoms with Gasteiger partial charge in [0.2, 0.25) is 5.95 Å². The van der Waals surface area contributed by atoms with Gasteiger partial charge in [-0.15, -0.1) is 0 Å². The van der Waals surface area contributed by atoms with E-state index < -0.39 is 0 Å². The molecule has 1 aromatic carbocycles. The minimum Gasteiger partial charge on any atom is -0.379 e. The van der Waals surface area contributed by atoms with Crippen molar-refractivity contribution in [2.24, 2.45) is 0 Å². The number of benzene rings is 1. The Kier molecular flexibility index (Phi) is 5.20. The van der Waals surface area contributed by atoms with Gasteiger partial charge < -0.3 is 10.1 Å². The van der Waals surface area contributed by atoms with E-state index in [2.05, 4.69) is 44.5 Å². The average molecular weight is 312 g/mol. The molecule has 0 aliphatic carbocycles. The summed E-state index contributed by atoms with van der Waals surface area (Å²) >= 11 is 0. The molecule has 1 N–H and O–H groups in total. The van der Waals surface area contributed by atoms with Crippen molar-refractivity contribution in [2.75, 3.05) is 38.2 Å². The summed E-state index contributed by atoms with van der Waals surface area (Å²) in [7, 11) is 0. The monoisotopic (exact) mass is 312 g/mol. The highest BCUT2D eigenvalue weighted by molar-refractivity contribution is 5.34. The van der Waals surface area contributed by atoms with Gasteiger partial charge in [0.05, 0.1) is 19.3 Å². The molecule has 1 fully saturated rings. The smallest absolute Gasteiger partial charge is 0.223 e. The van der Waals surface area contributed by atoms with Crippen LogP contribution in [0, 0.1) is 13.8 Å². The standard InChI is InChI=1S/C18H24N4O/c1-14-12-15(2)20-18(19-14)21-17(16-6-4-3-5-7-16)13-22-8-10-23-11-9-22/h3-7,12,17H,8-11,13H2,1-2H3,(H,19,20,21)/t17-/m0/s1. The summed E-state index contributed by atoms with van der Waals surface area (Å²) in [5.41, 5.74) is 3.22. The van der Waals surface area contributed by atoms with Crippen molar-refractivity contribution in [1.82, 2.24) is 14.9 Å². The van der Waals surface area contributed by atoms with Crippen LogP contribution in [0.15, 0.2) is 36.4 Å².